The summed E-state index contributed by atoms with van der Waals surface area (Å²) >= 11 is 0. The molecule has 110 valence electrons. The Labute approximate surface area is 121 Å². The fourth-order valence-corrected chi connectivity index (χ4v) is 4.65. The third-order valence-corrected chi connectivity index (χ3v) is 6.20. The molecular weight excluding hydrogens is 248 g/mol. The molecule has 0 unspecified atom stereocenters. The van der Waals surface area contributed by atoms with Crippen LogP contribution >= 0.6 is 0 Å². The molecule has 1 aromatic rings. The lowest BCUT2D eigenvalue weighted by Crippen LogP contribution is -2.49. The van der Waals surface area contributed by atoms with E-state index >= 15 is 0 Å². The Balaban J connectivity index is 1.85. The van der Waals surface area contributed by atoms with Crippen molar-refractivity contribution in [2.24, 2.45) is 11.3 Å². The van der Waals surface area contributed by atoms with Crippen LogP contribution < -0.4 is 0 Å². The van der Waals surface area contributed by atoms with E-state index in [4.69, 9.17) is 0 Å². The zero-order valence-electron chi connectivity index (χ0n) is 12.6. The smallest absolute Gasteiger partial charge is 0.0710 e. The van der Waals surface area contributed by atoms with Crippen LogP contribution in [0.2, 0.25) is 0 Å². The largest absolute Gasteiger partial charge is 0.396 e. The third kappa shape index (κ3) is 2.01. The highest BCUT2D eigenvalue weighted by Gasteiger charge is 2.58. The molecule has 2 aliphatic rings. The van der Waals surface area contributed by atoms with Gasteiger partial charge in [-0.1, -0.05) is 36.8 Å². The molecular formula is C18H26O2. The van der Waals surface area contributed by atoms with Gasteiger partial charge in [-0.3, -0.25) is 0 Å². The highest BCUT2D eigenvalue weighted by Crippen LogP contribution is 2.60. The molecule has 20 heavy (non-hydrogen) atoms. The van der Waals surface area contributed by atoms with Crippen LogP contribution in [0.4, 0.5) is 0 Å². The molecule has 0 radical (unpaired) electrons. The molecule has 2 heteroatoms. The van der Waals surface area contributed by atoms with Crippen molar-refractivity contribution in [3.63, 3.8) is 0 Å². The van der Waals surface area contributed by atoms with Crippen LogP contribution in [0.25, 0.3) is 0 Å². The summed E-state index contributed by atoms with van der Waals surface area (Å²) in [7, 11) is 0. The fourth-order valence-electron chi connectivity index (χ4n) is 4.65. The maximum atomic E-state index is 11.2. The van der Waals surface area contributed by atoms with Crippen LogP contribution in [-0.4, -0.2) is 22.4 Å². The van der Waals surface area contributed by atoms with Crippen molar-refractivity contribution in [1.82, 2.24) is 0 Å². The van der Waals surface area contributed by atoms with E-state index in [0.717, 1.165) is 32.1 Å². The topological polar surface area (TPSA) is 40.5 Å². The van der Waals surface area contributed by atoms with Crippen molar-refractivity contribution in [3.8, 4) is 0 Å². The number of hydrogen-bond acceptors (Lipinski definition) is 2. The molecule has 2 saturated carbocycles. The zero-order chi connectivity index (χ0) is 14.4. The quantitative estimate of drug-likeness (QED) is 0.867. The van der Waals surface area contributed by atoms with E-state index in [2.05, 4.69) is 38.1 Å². The summed E-state index contributed by atoms with van der Waals surface area (Å²) in [6.07, 6.45) is 4.80. The molecule has 0 saturated heterocycles. The maximum absolute atomic E-state index is 11.2. The molecule has 2 nitrogen and oxygen atoms in total. The summed E-state index contributed by atoms with van der Waals surface area (Å²) in [5.74, 6) is 0.733. The van der Waals surface area contributed by atoms with Crippen LogP contribution in [0.1, 0.15) is 56.1 Å². The van der Waals surface area contributed by atoms with Crippen molar-refractivity contribution in [2.75, 3.05) is 6.61 Å². The molecule has 2 fully saturated rings. The first-order valence-electron chi connectivity index (χ1n) is 7.88. The summed E-state index contributed by atoms with van der Waals surface area (Å²) in [5.41, 5.74) is 1.98. The minimum atomic E-state index is -0.590. The molecule has 1 aromatic carbocycles. The Hall–Kier alpha value is -0.860. The Morgan fingerprint density at radius 2 is 2.05 bits per heavy atom. The highest BCUT2D eigenvalue weighted by molar-refractivity contribution is 5.27. The molecule has 3 rings (SSSR count). The number of aliphatic hydroxyl groups excluding tert-OH is 1. The molecule has 2 N–H and O–H groups in total. The number of hydrogen-bond donors (Lipinski definition) is 2. The fraction of sp³-hybridized carbons (Fsp3) is 0.667. The first kappa shape index (κ1) is 14.1. The molecule has 4 atom stereocenters. The van der Waals surface area contributed by atoms with Gasteiger partial charge in [0.1, 0.15) is 0 Å². The molecule has 0 aliphatic heterocycles. The number of rotatable bonds is 2. The Morgan fingerprint density at radius 1 is 1.25 bits per heavy atom. The van der Waals surface area contributed by atoms with Gasteiger partial charge in [0.25, 0.3) is 0 Å². The van der Waals surface area contributed by atoms with Crippen molar-refractivity contribution in [2.45, 2.75) is 57.5 Å². The predicted octanol–water partition coefficient (Wildman–Crippen LogP) is 3.40. The van der Waals surface area contributed by atoms with Gasteiger partial charge in [0.2, 0.25) is 0 Å². The van der Waals surface area contributed by atoms with E-state index in [1.807, 2.05) is 0 Å². The monoisotopic (exact) mass is 274 g/mol. The van der Waals surface area contributed by atoms with Gasteiger partial charge in [-0.15, -0.1) is 0 Å². The molecule has 0 amide bonds. The Kier molecular flexibility index (Phi) is 3.42. The summed E-state index contributed by atoms with van der Waals surface area (Å²) in [4.78, 5) is 0. The van der Waals surface area contributed by atoms with E-state index in [1.165, 1.54) is 11.1 Å². The van der Waals surface area contributed by atoms with E-state index < -0.39 is 5.60 Å². The first-order valence-corrected chi connectivity index (χ1v) is 7.88. The standard InChI is InChI=1S/C18H26O2/c1-13-4-3-5-14(10-13)15-6-8-17(2)16(12-19)7-9-18(17,20)11-15/h3-5,10,15-16,19-20H,6-9,11-12H2,1-2H3/t15-,16+,17+,18-/m0/s1. The average Bonchev–Trinajstić information content (AvgIpc) is 2.69. The Morgan fingerprint density at radius 3 is 2.75 bits per heavy atom. The van der Waals surface area contributed by atoms with E-state index in [-0.39, 0.29) is 17.9 Å². The predicted molar refractivity (Wildman–Crippen MR) is 80.6 cm³/mol. The average molecular weight is 274 g/mol. The molecule has 0 spiro atoms. The number of fused-ring (bicyclic) bond motifs is 1. The summed E-state index contributed by atoms with van der Waals surface area (Å²) < 4.78 is 0. The van der Waals surface area contributed by atoms with Crippen molar-refractivity contribution >= 4 is 0 Å². The zero-order valence-corrected chi connectivity index (χ0v) is 12.6. The lowest BCUT2D eigenvalue weighted by atomic mass is 9.59. The van der Waals surface area contributed by atoms with Crippen LogP contribution in [0, 0.1) is 18.3 Å². The second-order valence-corrected chi connectivity index (χ2v) is 7.22. The minimum absolute atomic E-state index is 0.0952. The normalized spacial score (nSPS) is 40.6. The number of aryl methyl sites for hydroxylation is 1. The molecule has 2 aliphatic carbocycles. The van der Waals surface area contributed by atoms with Crippen LogP contribution in [0.3, 0.4) is 0 Å². The highest BCUT2D eigenvalue weighted by atomic mass is 16.3. The maximum Gasteiger partial charge on any atom is 0.0710 e. The second kappa shape index (κ2) is 4.85. The number of benzene rings is 1. The Bertz CT molecular complexity index is 498. The molecule has 0 heterocycles. The van der Waals surface area contributed by atoms with Crippen LogP contribution in [0.15, 0.2) is 24.3 Å². The van der Waals surface area contributed by atoms with Gasteiger partial charge >= 0.3 is 0 Å². The van der Waals surface area contributed by atoms with Crippen molar-refractivity contribution in [3.05, 3.63) is 35.4 Å². The van der Waals surface area contributed by atoms with E-state index in [1.54, 1.807) is 0 Å². The van der Waals surface area contributed by atoms with E-state index in [9.17, 15) is 10.2 Å². The van der Waals surface area contributed by atoms with Crippen LogP contribution in [0.5, 0.6) is 0 Å². The summed E-state index contributed by atoms with van der Waals surface area (Å²) in [5, 5.41) is 20.8. The molecule has 0 bridgehead atoms. The lowest BCUT2D eigenvalue weighted by molar-refractivity contribution is -0.110. The van der Waals surface area contributed by atoms with E-state index in [0.29, 0.717) is 5.92 Å². The van der Waals surface area contributed by atoms with Gasteiger partial charge in [-0.25, -0.2) is 0 Å². The summed E-state index contributed by atoms with van der Waals surface area (Å²) in [6.45, 7) is 4.53. The first-order chi connectivity index (χ1) is 9.48. The summed E-state index contributed by atoms with van der Waals surface area (Å²) in [6, 6.07) is 8.70. The van der Waals surface area contributed by atoms with Gasteiger partial charge in [0.05, 0.1) is 5.60 Å². The third-order valence-electron chi connectivity index (χ3n) is 6.20. The lowest BCUT2D eigenvalue weighted by Gasteiger charge is -2.49. The second-order valence-electron chi connectivity index (χ2n) is 7.22. The van der Waals surface area contributed by atoms with Gasteiger partial charge in [-0.05, 0) is 56.4 Å². The number of aliphatic hydroxyl groups is 2. The van der Waals surface area contributed by atoms with Gasteiger partial charge in [-0.2, -0.15) is 0 Å². The van der Waals surface area contributed by atoms with Crippen molar-refractivity contribution < 1.29 is 10.2 Å². The van der Waals surface area contributed by atoms with Gasteiger partial charge < -0.3 is 10.2 Å². The minimum Gasteiger partial charge on any atom is -0.396 e. The van der Waals surface area contributed by atoms with Gasteiger partial charge in [0.15, 0.2) is 0 Å². The molecule has 0 aromatic heterocycles. The van der Waals surface area contributed by atoms with Crippen LogP contribution in [-0.2, 0) is 0 Å². The van der Waals surface area contributed by atoms with Gasteiger partial charge in [0, 0.05) is 12.0 Å². The van der Waals surface area contributed by atoms with Crippen molar-refractivity contribution in [1.29, 1.82) is 0 Å². The SMILES string of the molecule is Cc1cccc([C@H]2CC[C@]3(C)[C@@H](CO)CC[C@]3(O)C2)c1.